The van der Waals surface area contributed by atoms with E-state index < -0.39 is 27.9 Å². The number of hydrogen-bond acceptors (Lipinski definition) is 4. The summed E-state index contributed by atoms with van der Waals surface area (Å²) in [6.07, 6.45) is 1.01. The van der Waals surface area contributed by atoms with E-state index in [1.807, 2.05) is 0 Å². The number of rotatable bonds is 6. The standard InChI is InChI=1S/C17H18ClN3O4S/c1-11(17(23)20-14-7-3-5-12(9-14)16(19)22)21(26(2,24)25)15-8-4-6-13(18)10-15/h3-11H,1-2H3,(H2,19,22)(H,20,23). The third kappa shape index (κ3) is 4.74. The number of anilines is 2. The van der Waals surface area contributed by atoms with Gasteiger partial charge >= 0.3 is 0 Å². The topological polar surface area (TPSA) is 110 Å². The highest BCUT2D eigenvalue weighted by Crippen LogP contribution is 2.24. The molecule has 0 heterocycles. The lowest BCUT2D eigenvalue weighted by atomic mass is 10.2. The largest absolute Gasteiger partial charge is 0.366 e. The molecule has 0 spiro atoms. The van der Waals surface area contributed by atoms with E-state index in [9.17, 15) is 18.0 Å². The van der Waals surface area contributed by atoms with Crippen LogP contribution in [0.15, 0.2) is 48.5 Å². The minimum Gasteiger partial charge on any atom is -0.366 e. The quantitative estimate of drug-likeness (QED) is 0.781. The summed E-state index contributed by atoms with van der Waals surface area (Å²) in [4.78, 5) is 23.8. The van der Waals surface area contributed by atoms with Gasteiger partial charge in [0.1, 0.15) is 6.04 Å². The second-order valence-corrected chi connectivity index (χ2v) is 7.94. The molecule has 0 saturated heterocycles. The molecule has 7 nitrogen and oxygen atoms in total. The molecule has 2 amide bonds. The van der Waals surface area contributed by atoms with Crippen LogP contribution in [-0.4, -0.2) is 32.5 Å². The molecule has 0 aliphatic rings. The normalized spacial score (nSPS) is 12.3. The molecule has 3 N–H and O–H groups in total. The van der Waals surface area contributed by atoms with Crippen molar-refractivity contribution < 1.29 is 18.0 Å². The highest BCUT2D eigenvalue weighted by atomic mass is 35.5. The lowest BCUT2D eigenvalue weighted by Crippen LogP contribution is -2.45. The zero-order valence-electron chi connectivity index (χ0n) is 14.1. The number of benzene rings is 2. The molecule has 138 valence electrons. The van der Waals surface area contributed by atoms with Crippen LogP contribution in [0.2, 0.25) is 5.02 Å². The summed E-state index contributed by atoms with van der Waals surface area (Å²) >= 11 is 5.93. The molecule has 0 fully saturated rings. The zero-order valence-corrected chi connectivity index (χ0v) is 15.7. The van der Waals surface area contributed by atoms with Gasteiger partial charge in [0.2, 0.25) is 21.8 Å². The molecule has 0 aliphatic carbocycles. The van der Waals surface area contributed by atoms with Crippen LogP contribution < -0.4 is 15.4 Å². The second-order valence-electron chi connectivity index (χ2n) is 5.65. The van der Waals surface area contributed by atoms with E-state index in [0.29, 0.717) is 10.7 Å². The summed E-state index contributed by atoms with van der Waals surface area (Å²) in [7, 11) is -3.75. The number of sulfonamides is 1. The van der Waals surface area contributed by atoms with Gasteiger partial charge in [0.05, 0.1) is 11.9 Å². The van der Waals surface area contributed by atoms with Gasteiger partial charge in [0, 0.05) is 16.3 Å². The summed E-state index contributed by atoms with van der Waals surface area (Å²) in [6, 6.07) is 11.2. The number of halogens is 1. The minimum absolute atomic E-state index is 0.227. The van der Waals surface area contributed by atoms with Crippen LogP contribution in [0.5, 0.6) is 0 Å². The summed E-state index contributed by atoms with van der Waals surface area (Å²) < 4.78 is 25.4. The van der Waals surface area contributed by atoms with E-state index in [1.54, 1.807) is 30.3 Å². The average molecular weight is 396 g/mol. The van der Waals surface area contributed by atoms with E-state index in [2.05, 4.69) is 5.32 Å². The Labute approximate surface area is 156 Å². The van der Waals surface area contributed by atoms with Gasteiger partial charge in [-0.25, -0.2) is 8.42 Å². The third-order valence-electron chi connectivity index (χ3n) is 3.57. The van der Waals surface area contributed by atoms with Gasteiger partial charge in [0.15, 0.2) is 0 Å². The highest BCUT2D eigenvalue weighted by Gasteiger charge is 2.29. The summed E-state index contributed by atoms with van der Waals surface area (Å²) in [5.74, 6) is -1.21. The Kier molecular flexibility index (Phi) is 5.89. The lowest BCUT2D eigenvalue weighted by molar-refractivity contribution is -0.116. The fraction of sp³-hybridized carbons (Fsp3) is 0.176. The second kappa shape index (κ2) is 7.76. The number of nitrogens with two attached hydrogens (primary N) is 1. The molecule has 0 aliphatic heterocycles. The molecular weight excluding hydrogens is 378 g/mol. The molecule has 0 saturated carbocycles. The van der Waals surface area contributed by atoms with Crippen molar-refractivity contribution >= 4 is 44.8 Å². The number of carbonyl (C=O) groups is 2. The first-order valence-corrected chi connectivity index (χ1v) is 9.78. The maximum absolute atomic E-state index is 12.6. The van der Waals surface area contributed by atoms with E-state index >= 15 is 0 Å². The van der Waals surface area contributed by atoms with Crippen molar-refractivity contribution in [2.45, 2.75) is 13.0 Å². The molecule has 2 aromatic rings. The Morgan fingerprint density at radius 3 is 2.38 bits per heavy atom. The molecular formula is C17H18ClN3O4S. The molecule has 0 radical (unpaired) electrons. The molecule has 1 atom stereocenters. The first kappa shape index (κ1) is 19.7. The third-order valence-corrected chi connectivity index (χ3v) is 5.04. The molecule has 2 rings (SSSR count). The number of nitrogens with zero attached hydrogens (tertiary/aromatic N) is 1. The molecule has 0 bridgehead atoms. The average Bonchev–Trinajstić information content (AvgIpc) is 2.53. The Morgan fingerprint density at radius 1 is 1.15 bits per heavy atom. The van der Waals surface area contributed by atoms with Gasteiger partial charge in [-0.05, 0) is 43.3 Å². The van der Waals surface area contributed by atoms with Crippen LogP contribution in [0.3, 0.4) is 0 Å². The first-order valence-electron chi connectivity index (χ1n) is 7.55. The Morgan fingerprint density at radius 2 is 1.81 bits per heavy atom. The molecule has 26 heavy (non-hydrogen) atoms. The van der Waals surface area contributed by atoms with Crippen LogP contribution in [0.1, 0.15) is 17.3 Å². The van der Waals surface area contributed by atoms with Crippen molar-refractivity contribution in [3.8, 4) is 0 Å². The maximum atomic E-state index is 12.6. The minimum atomic E-state index is -3.75. The van der Waals surface area contributed by atoms with E-state index in [1.165, 1.54) is 25.1 Å². The highest BCUT2D eigenvalue weighted by molar-refractivity contribution is 7.92. The van der Waals surface area contributed by atoms with Gasteiger partial charge < -0.3 is 11.1 Å². The van der Waals surface area contributed by atoms with Crippen LogP contribution in [-0.2, 0) is 14.8 Å². The number of amides is 2. The first-order chi connectivity index (χ1) is 12.1. The number of carbonyl (C=O) groups excluding carboxylic acids is 2. The summed E-state index contributed by atoms with van der Waals surface area (Å²) in [5.41, 5.74) is 6.05. The molecule has 0 aromatic heterocycles. The molecule has 2 aromatic carbocycles. The van der Waals surface area contributed by atoms with Gasteiger partial charge in [-0.3, -0.25) is 13.9 Å². The lowest BCUT2D eigenvalue weighted by Gasteiger charge is -2.28. The fourth-order valence-corrected chi connectivity index (χ4v) is 3.77. The monoisotopic (exact) mass is 395 g/mol. The van der Waals surface area contributed by atoms with Crippen LogP contribution >= 0.6 is 11.6 Å². The molecule has 9 heteroatoms. The van der Waals surface area contributed by atoms with Gasteiger partial charge in [-0.1, -0.05) is 23.7 Å². The van der Waals surface area contributed by atoms with E-state index in [4.69, 9.17) is 17.3 Å². The van der Waals surface area contributed by atoms with Crippen LogP contribution in [0.25, 0.3) is 0 Å². The smallest absolute Gasteiger partial charge is 0.248 e. The van der Waals surface area contributed by atoms with Crippen molar-refractivity contribution in [1.82, 2.24) is 0 Å². The van der Waals surface area contributed by atoms with Crippen molar-refractivity contribution in [3.63, 3.8) is 0 Å². The number of primary amides is 1. The van der Waals surface area contributed by atoms with Crippen LogP contribution in [0.4, 0.5) is 11.4 Å². The van der Waals surface area contributed by atoms with Crippen LogP contribution in [0, 0.1) is 0 Å². The van der Waals surface area contributed by atoms with Gasteiger partial charge in [-0.15, -0.1) is 0 Å². The fourth-order valence-electron chi connectivity index (χ4n) is 2.42. The predicted octanol–water partition coefficient (Wildman–Crippen LogP) is 2.23. The summed E-state index contributed by atoms with van der Waals surface area (Å²) in [6.45, 7) is 1.45. The predicted molar refractivity (Wildman–Crippen MR) is 102 cm³/mol. The van der Waals surface area contributed by atoms with E-state index in [0.717, 1.165) is 10.6 Å². The maximum Gasteiger partial charge on any atom is 0.248 e. The zero-order chi connectivity index (χ0) is 19.5. The number of hydrogen-bond donors (Lipinski definition) is 2. The molecule has 1 unspecified atom stereocenters. The SMILES string of the molecule is CC(C(=O)Nc1cccc(C(N)=O)c1)N(c1cccc(Cl)c1)S(C)(=O)=O. The summed E-state index contributed by atoms with van der Waals surface area (Å²) in [5, 5.41) is 2.93. The Balaban J connectivity index is 2.31. The van der Waals surface area contributed by atoms with Crippen molar-refractivity contribution in [1.29, 1.82) is 0 Å². The van der Waals surface area contributed by atoms with Gasteiger partial charge in [0.25, 0.3) is 0 Å². The Hall–Kier alpha value is -2.58. The van der Waals surface area contributed by atoms with Gasteiger partial charge in [-0.2, -0.15) is 0 Å². The van der Waals surface area contributed by atoms with Crippen molar-refractivity contribution in [3.05, 3.63) is 59.1 Å². The Bertz CT molecular complexity index is 947. The van der Waals surface area contributed by atoms with E-state index in [-0.39, 0.29) is 11.3 Å². The number of nitrogens with one attached hydrogen (secondary N) is 1. The van der Waals surface area contributed by atoms with Crippen molar-refractivity contribution in [2.24, 2.45) is 5.73 Å². The van der Waals surface area contributed by atoms with Crippen molar-refractivity contribution in [2.75, 3.05) is 15.9 Å².